The maximum Gasteiger partial charge on any atom is 0.252 e. The lowest BCUT2D eigenvalue weighted by Gasteiger charge is -2.37. The zero-order chi connectivity index (χ0) is 16.1. The summed E-state index contributed by atoms with van der Waals surface area (Å²) in [7, 11) is 0. The molecule has 1 saturated heterocycles. The van der Waals surface area contributed by atoms with Crippen LogP contribution < -0.4 is 10.2 Å². The van der Waals surface area contributed by atoms with Gasteiger partial charge in [-0.3, -0.25) is 14.5 Å². The Morgan fingerprint density at radius 2 is 1.33 bits per heavy atom. The third-order valence-corrected chi connectivity index (χ3v) is 2.99. The summed E-state index contributed by atoms with van der Waals surface area (Å²) in [4.78, 5) is 23.7. The molecule has 9 heteroatoms. The monoisotopic (exact) mass is 308 g/mol. The van der Waals surface area contributed by atoms with Gasteiger partial charge >= 0.3 is 0 Å². The van der Waals surface area contributed by atoms with Crippen LogP contribution in [0.1, 0.15) is 13.8 Å². The van der Waals surface area contributed by atoms with E-state index in [1.54, 1.807) is 0 Å². The van der Waals surface area contributed by atoms with Crippen LogP contribution >= 0.6 is 0 Å². The zero-order valence-corrected chi connectivity index (χ0v) is 10.9. The highest BCUT2D eigenvalue weighted by Gasteiger charge is 2.43. The first kappa shape index (κ1) is 15.2. The minimum Gasteiger partial charge on any atom is -0.341 e. The van der Waals surface area contributed by atoms with Crippen molar-refractivity contribution < 1.29 is 31.5 Å². The van der Waals surface area contributed by atoms with Gasteiger partial charge in [0.05, 0.1) is 0 Å². The highest BCUT2D eigenvalue weighted by Crippen LogP contribution is 2.32. The second-order valence-electron chi connectivity index (χ2n) is 4.98. The van der Waals surface area contributed by atoms with Gasteiger partial charge in [0, 0.05) is 0 Å². The van der Waals surface area contributed by atoms with E-state index < -0.39 is 58.7 Å². The topological polar surface area (TPSA) is 49.4 Å². The Morgan fingerprint density at radius 3 is 1.81 bits per heavy atom. The number of amides is 2. The number of nitrogens with one attached hydrogen (secondary N) is 1. The first-order valence-corrected chi connectivity index (χ1v) is 5.72. The summed E-state index contributed by atoms with van der Waals surface area (Å²) in [6.07, 6.45) is 0. The molecule has 1 aliphatic rings. The summed E-state index contributed by atoms with van der Waals surface area (Å²) in [6.45, 7) is 1.64. The molecule has 2 amide bonds. The van der Waals surface area contributed by atoms with Crippen molar-refractivity contribution >= 4 is 17.5 Å². The summed E-state index contributed by atoms with van der Waals surface area (Å²) < 4.78 is 66.7. The van der Waals surface area contributed by atoms with Gasteiger partial charge < -0.3 is 5.32 Å². The molecule has 4 nitrogen and oxygen atoms in total. The van der Waals surface area contributed by atoms with Crippen LogP contribution in [0, 0.1) is 29.1 Å². The number of benzene rings is 1. The molecule has 2 rings (SSSR count). The van der Waals surface area contributed by atoms with E-state index in [0.29, 0.717) is 0 Å². The van der Waals surface area contributed by atoms with Crippen molar-refractivity contribution in [1.82, 2.24) is 5.32 Å². The molecule has 0 atom stereocenters. The Kier molecular flexibility index (Phi) is 3.38. The molecule has 1 aliphatic heterocycles. The molecule has 0 saturated carbocycles. The van der Waals surface area contributed by atoms with Crippen molar-refractivity contribution in [3.8, 4) is 0 Å². The summed E-state index contributed by atoms with van der Waals surface area (Å²) in [5.74, 6) is -12.8. The van der Waals surface area contributed by atoms with Crippen LogP contribution in [-0.4, -0.2) is 23.9 Å². The number of rotatable bonds is 1. The van der Waals surface area contributed by atoms with Gasteiger partial charge in [0.15, 0.2) is 23.3 Å². The van der Waals surface area contributed by atoms with E-state index in [1.807, 2.05) is 0 Å². The Labute approximate surface area is 115 Å². The zero-order valence-electron chi connectivity index (χ0n) is 10.9. The molecule has 0 bridgehead atoms. The van der Waals surface area contributed by atoms with Gasteiger partial charge in [0.2, 0.25) is 11.7 Å². The summed E-state index contributed by atoms with van der Waals surface area (Å²) in [6, 6.07) is 0. The number of piperazine rings is 1. The number of halogens is 5. The van der Waals surface area contributed by atoms with Gasteiger partial charge in [-0.2, -0.15) is 0 Å². The number of carbonyl (C=O) groups excluding carboxylic acids is 2. The quantitative estimate of drug-likeness (QED) is 0.487. The number of anilines is 1. The van der Waals surface area contributed by atoms with E-state index in [1.165, 1.54) is 13.8 Å². The van der Waals surface area contributed by atoms with E-state index in [0.717, 1.165) is 0 Å². The molecule has 21 heavy (non-hydrogen) atoms. The Hall–Kier alpha value is -2.19. The van der Waals surface area contributed by atoms with Gasteiger partial charge in [-0.1, -0.05) is 0 Å². The van der Waals surface area contributed by atoms with Crippen molar-refractivity contribution in [1.29, 1.82) is 0 Å². The van der Waals surface area contributed by atoms with Crippen LogP contribution in [0.5, 0.6) is 0 Å². The fraction of sp³-hybridized carbons (Fsp3) is 0.333. The maximum atomic E-state index is 13.7. The highest BCUT2D eigenvalue weighted by molar-refractivity contribution is 6.08. The van der Waals surface area contributed by atoms with Gasteiger partial charge in [-0.25, -0.2) is 22.0 Å². The van der Waals surface area contributed by atoms with E-state index >= 15 is 0 Å². The van der Waals surface area contributed by atoms with Crippen molar-refractivity contribution in [3.05, 3.63) is 29.1 Å². The third-order valence-electron chi connectivity index (χ3n) is 2.99. The summed E-state index contributed by atoms with van der Waals surface area (Å²) in [5, 5.41) is 2.25. The smallest absolute Gasteiger partial charge is 0.252 e. The fourth-order valence-electron chi connectivity index (χ4n) is 2.01. The van der Waals surface area contributed by atoms with E-state index in [4.69, 9.17) is 0 Å². The largest absolute Gasteiger partial charge is 0.341 e. The molecule has 1 fully saturated rings. The minimum absolute atomic E-state index is 0.245. The van der Waals surface area contributed by atoms with Crippen LogP contribution in [0.25, 0.3) is 0 Å². The van der Waals surface area contributed by atoms with Crippen molar-refractivity contribution in [2.75, 3.05) is 11.4 Å². The van der Waals surface area contributed by atoms with Gasteiger partial charge in [-0.05, 0) is 13.8 Å². The predicted molar refractivity (Wildman–Crippen MR) is 60.8 cm³/mol. The average Bonchev–Trinajstić information content (AvgIpc) is 2.39. The van der Waals surface area contributed by atoms with Crippen LogP contribution in [0.15, 0.2) is 0 Å². The lowest BCUT2D eigenvalue weighted by Crippen LogP contribution is -2.64. The van der Waals surface area contributed by atoms with Crippen LogP contribution in [0.4, 0.5) is 27.6 Å². The van der Waals surface area contributed by atoms with Crippen molar-refractivity contribution in [2.45, 2.75) is 19.4 Å². The average molecular weight is 308 g/mol. The Bertz CT molecular complexity index is 631. The molecular weight excluding hydrogens is 299 g/mol. The number of nitrogens with zero attached hydrogens (tertiary/aromatic N) is 1. The molecule has 1 N–H and O–H groups in total. The number of hydrogen-bond donors (Lipinski definition) is 1. The van der Waals surface area contributed by atoms with Gasteiger partial charge in [-0.15, -0.1) is 0 Å². The number of carbonyl (C=O) groups is 2. The maximum absolute atomic E-state index is 13.7. The first-order valence-electron chi connectivity index (χ1n) is 5.72. The van der Waals surface area contributed by atoms with Crippen molar-refractivity contribution in [2.24, 2.45) is 0 Å². The first-order chi connectivity index (χ1) is 9.58. The van der Waals surface area contributed by atoms with Gasteiger partial charge in [0.25, 0.3) is 5.91 Å². The van der Waals surface area contributed by atoms with Gasteiger partial charge in [0.1, 0.15) is 17.8 Å². The van der Waals surface area contributed by atoms with Crippen LogP contribution in [0.3, 0.4) is 0 Å². The lowest BCUT2D eigenvalue weighted by atomic mass is 9.99. The molecule has 0 radical (unpaired) electrons. The summed E-state index contributed by atoms with van der Waals surface area (Å²) >= 11 is 0. The third kappa shape index (κ3) is 2.22. The standard InChI is InChI=1S/C12H9F5N2O2/c1-12(2)11(21)19(3-4(20)18-12)10-8(16)6(14)5(13)7(15)9(10)17/h3H2,1-2H3,(H,18,20). The minimum atomic E-state index is -2.33. The molecule has 0 unspecified atom stereocenters. The molecule has 1 heterocycles. The second-order valence-corrected chi connectivity index (χ2v) is 4.98. The SMILES string of the molecule is CC1(C)NC(=O)CN(c2c(F)c(F)c(F)c(F)c2F)C1=O. The Morgan fingerprint density at radius 1 is 0.905 bits per heavy atom. The van der Waals surface area contributed by atoms with Crippen molar-refractivity contribution in [3.63, 3.8) is 0 Å². The molecule has 0 aliphatic carbocycles. The van der Waals surface area contributed by atoms with E-state index in [9.17, 15) is 31.5 Å². The second kappa shape index (κ2) is 4.68. The molecule has 0 aromatic heterocycles. The summed E-state index contributed by atoms with van der Waals surface area (Å²) in [5.41, 5.74) is -2.96. The molecular formula is C12H9F5N2O2. The molecule has 1 aromatic rings. The normalized spacial score (nSPS) is 18.0. The van der Waals surface area contributed by atoms with Crippen LogP contribution in [-0.2, 0) is 9.59 Å². The molecule has 1 aromatic carbocycles. The van der Waals surface area contributed by atoms with Crippen LogP contribution in [0.2, 0.25) is 0 Å². The Balaban J connectivity index is 2.67. The lowest BCUT2D eigenvalue weighted by molar-refractivity contribution is -0.134. The predicted octanol–water partition coefficient (Wildman–Crippen LogP) is 1.62. The molecule has 114 valence electrons. The highest BCUT2D eigenvalue weighted by atomic mass is 19.2. The fourth-order valence-corrected chi connectivity index (χ4v) is 2.01. The van der Waals surface area contributed by atoms with E-state index in [2.05, 4.69) is 5.32 Å². The molecule has 0 spiro atoms. The number of hydrogen-bond acceptors (Lipinski definition) is 2. The van der Waals surface area contributed by atoms with E-state index in [-0.39, 0.29) is 4.90 Å².